The molecule has 0 radical (unpaired) electrons. The van der Waals surface area contributed by atoms with Gasteiger partial charge in [0, 0.05) is 32.2 Å². The molecule has 122 valence electrons. The Hall–Kier alpha value is -1.72. The monoisotopic (exact) mass is 312 g/mol. The van der Waals surface area contributed by atoms with Gasteiger partial charge in [0.05, 0.1) is 17.2 Å². The number of hydrogen-bond acceptors (Lipinski definition) is 5. The molecule has 0 unspecified atom stereocenters. The zero-order valence-corrected chi connectivity index (χ0v) is 13.4. The Bertz CT molecular complexity index is 671. The number of nitrogens with zero attached hydrogens (tertiary/aromatic N) is 4. The van der Waals surface area contributed by atoms with Gasteiger partial charge in [-0.2, -0.15) is 0 Å². The Morgan fingerprint density at radius 3 is 2.57 bits per heavy atom. The van der Waals surface area contributed by atoms with Crippen LogP contribution < -0.4 is 4.90 Å². The number of aliphatic hydroxyl groups is 1. The number of hydrogen-bond donors (Lipinski definition) is 1. The number of likely N-dealkylation sites (tertiary alicyclic amines) is 1. The van der Waals surface area contributed by atoms with Crippen LogP contribution in [0.1, 0.15) is 12.8 Å². The molecule has 1 aromatic heterocycles. The van der Waals surface area contributed by atoms with Gasteiger partial charge in [-0.25, -0.2) is 4.98 Å². The van der Waals surface area contributed by atoms with Crippen molar-refractivity contribution in [1.82, 2.24) is 14.9 Å². The molecule has 2 fully saturated rings. The molecule has 0 spiro atoms. The summed E-state index contributed by atoms with van der Waals surface area (Å²) in [6.45, 7) is 5.63. The highest BCUT2D eigenvalue weighted by Gasteiger charge is 2.34. The predicted octanol–water partition coefficient (Wildman–Crippen LogP) is 1.77. The molecule has 0 bridgehead atoms. The van der Waals surface area contributed by atoms with Crippen LogP contribution in [0.25, 0.3) is 11.0 Å². The molecule has 2 atom stereocenters. The van der Waals surface area contributed by atoms with Crippen LogP contribution in [0, 0.1) is 11.8 Å². The fourth-order valence-electron chi connectivity index (χ4n) is 3.94. The van der Waals surface area contributed by atoms with E-state index in [0.29, 0.717) is 11.8 Å². The summed E-state index contributed by atoms with van der Waals surface area (Å²) in [5.74, 6) is 1.79. The maximum Gasteiger partial charge on any atom is 0.147 e. The molecule has 0 saturated carbocycles. The number of rotatable bonds is 4. The number of fused-ring (bicyclic) bond motifs is 1. The van der Waals surface area contributed by atoms with Gasteiger partial charge in [0.1, 0.15) is 5.82 Å². The van der Waals surface area contributed by atoms with Crippen LogP contribution in [0.2, 0.25) is 0 Å². The molecular formula is C18H24N4O. The van der Waals surface area contributed by atoms with E-state index in [9.17, 15) is 5.11 Å². The fraction of sp³-hybridized carbons (Fsp3) is 0.556. The summed E-state index contributed by atoms with van der Waals surface area (Å²) in [7, 11) is 0. The Kier molecular flexibility index (Phi) is 4.14. The standard InChI is InChI=1S/C18H24N4O/c23-13-15-12-22(11-14(15)10-21-7-3-4-8-21)18-9-19-16-5-1-2-6-17(16)20-18/h1-2,5-6,9,14-15,23H,3-4,7-8,10-13H2/t14-,15-/m1/s1. The molecule has 5 nitrogen and oxygen atoms in total. The normalized spacial score (nSPS) is 25.5. The minimum atomic E-state index is 0.260. The second-order valence-electron chi connectivity index (χ2n) is 6.83. The smallest absolute Gasteiger partial charge is 0.147 e. The van der Waals surface area contributed by atoms with Crippen LogP contribution in [0.5, 0.6) is 0 Å². The van der Waals surface area contributed by atoms with E-state index < -0.39 is 0 Å². The van der Waals surface area contributed by atoms with Crippen LogP contribution in [-0.4, -0.2) is 59.3 Å². The number of aromatic nitrogens is 2. The van der Waals surface area contributed by atoms with Crippen molar-refractivity contribution in [3.63, 3.8) is 0 Å². The fourth-order valence-corrected chi connectivity index (χ4v) is 3.94. The number of para-hydroxylation sites is 2. The van der Waals surface area contributed by atoms with Crippen molar-refractivity contribution in [2.75, 3.05) is 44.2 Å². The van der Waals surface area contributed by atoms with Crippen molar-refractivity contribution in [3.05, 3.63) is 30.5 Å². The Labute approximate surface area is 137 Å². The van der Waals surface area contributed by atoms with Crippen molar-refractivity contribution in [1.29, 1.82) is 0 Å². The van der Waals surface area contributed by atoms with Crippen molar-refractivity contribution in [2.24, 2.45) is 11.8 Å². The van der Waals surface area contributed by atoms with E-state index in [2.05, 4.69) is 14.8 Å². The van der Waals surface area contributed by atoms with Crippen LogP contribution in [-0.2, 0) is 0 Å². The molecule has 1 N–H and O–H groups in total. The molecule has 2 saturated heterocycles. The molecule has 3 heterocycles. The molecule has 0 aliphatic carbocycles. The van der Waals surface area contributed by atoms with Crippen molar-refractivity contribution in [3.8, 4) is 0 Å². The summed E-state index contributed by atoms with van der Waals surface area (Å²) < 4.78 is 0. The number of benzene rings is 1. The highest BCUT2D eigenvalue weighted by molar-refractivity contribution is 5.75. The third-order valence-corrected chi connectivity index (χ3v) is 5.26. The van der Waals surface area contributed by atoms with Gasteiger partial charge in [-0.1, -0.05) is 12.1 Å². The van der Waals surface area contributed by atoms with Crippen LogP contribution in [0.3, 0.4) is 0 Å². The molecule has 4 rings (SSSR count). The summed E-state index contributed by atoms with van der Waals surface area (Å²) in [5.41, 5.74) is 1.87. The maximum absolute atomic E-state index is 9.77. The van der Waals surface area contributed by atoms with E-state index in [-0.39, 0.29) is 6.61 Å². The largest absolute Gasteiger partial charge is 0.396 e. The van der Waals surface area contributed by atoms with Crippen molar-refractivity contribution < 1.29 is 5.11 Å². The van der Waals surface area contributed by atoms with E-state index in [0.717, 1.165) is 36.5 Å². The zero-order valence-electron chi connectivity index (χ0n) is 13.4. The van der Waals surface area contributed by atoms with Gasteiger partial charge in [-0.15, -0.1) is 0 Å². The average Bonchev–Trinajstić information content (AvgIpc) is 3.24. The number of anilines is 1. The summed E-state index contributed by atoms with van der Waals surface area (Å²) in [6.07, 6.45) is 4.50. The van der Waals surface area contributed by atoms with Gasteiger partial charge in [0.15, 0.2) is 0 Å². The highest BCUT2D eigenvalue weighted by Crippen LogP contribution is 2.29. The third-order valence-electron chi connectivity index (χ3n) is 5.26. The lowest BCUT2D eigenvalue weighted by molar-refractivity contribution is 0.176. The van der Waals surface area contributed by atoms with Gasteiger partial charge < -0.3 is 14.9 Å². The molecular weight excluding hydrogens is 288 g/mol. The number of aliphatic hydroxyl groups excluding tert-OH is 1. The molecule has 2 aliphatic heterocycles. The van der Waals surface area contributed by atoms with E-state index >= 15 is 0 Å². The SMILES string of the molecule is OC[C@H]1CN(c2cnc3ccccc3n2)C[C@H]1CN1CCCC1. The first-order valence-electron chi connectivity index (χ1n) is 8.63. The summed E-state index contributed by atoms with van der Waals surface area (Å²) in [6, 6.07) is 7.98. The summed E-state index contributed by atoms with van der Waals surface area (Å²) in [4.78, 5) is 14.1. The van der Waals surface area contributed by atoms with Crippen LogP contribution in [0.15, 0.2) is 30.5 Å². The van der Waals surface area contributed by atoms with E-state index in [1.807, 2.05) is 30.5 Å². The van der Waals surface area contributed by atoms with Gasteiger partial charge >= 0.3 is 0 Å². The van der Waals surface area contributed by atoms with E-state index in [1.54, 1.807) is 0 Å². The average molecular weight is 312 g/mol. The van der Waals surface area contributed by atoms with Crippen molar-refractivity contribution >= 4 is 16.9 Å². The molecule has 1 aromatic carbocycles. The quantitative estimate of drug-likeness (QED) is 0.932. The van der Waals surface area contributed by atoms with E-state index in [4.69, 9.17) is 4.98 Å². The first-order valence-corrected chi connectivity index (χ1v) is 8.63. The first kappa shape index (κ1) is 14.8. The second-order valence-corrected chi connectivity index (χ2v) is 6.83. The topological polar surface area (TPSA) is 52.5 Å². The second kappa shape index (κ2) is 6.42. The zero-order chi connectivity index (χ0) is 15.6. The maximum atomic E-state index is 9.77. The van der Waals surface area contributed by atoms with Crippen molar-refractivity contribution in [2.45, 2.75) is 12.8 Å². The Morgan fingerprint density at radius 2 is 1.78 bits per heavy atom. The highest BCUT2D eigenvalue weighted by atomic mass is 16.3. The molecule has 23 heavy (non-hydrogen) atoms. The van der Waals surface area contributed by atoms with E-state index in [1.165, 1.54) is 25.9 Å². The first-order chi connectivity index (χ1) is 11.3. The summed E-state index contributed by atoms with van der Waals surface area (Å²) >= 11 is 0. The van der Waals surface area contributed by atoms with Gasteiger partial charge in [0.2, 0.25) is 0 Å². The minimum Gasteiger partial charge on any atom is -0.396 e. The van der Waals surface area contributed by atoms with Crippen LogP contribution >= 0.6 is 0 Å². The Morgan fingerprint density at radius 1 is 1.04 bits per heavy atom. The predicted molar refractivity (Wildman–Crippen MR) is 91.5 cm³/mol. The molecule has 0 amide bonds. The lowest BCUT2D eigenvalue weighted by Gasteiger charge is -2.23. The lowest BCUT2D eigenvalue weighted by atomic mass is 9.96. The van der Waals surface area contributed by atoms with Gasteiger partial charge in [-0.05, 0) is 44.0 Å². The summed E-state index contributed by atoms with van der Waals surface area (Å²) in [5, 5.41) is 9.77. The molecule has 5 heteroatoms. The molecule has 2 aliphatic rings. The van der Waals surface area contributed by atoms with Gasteiger partial charge in [0.25, 0.3) is 0 Å². The molecule has 2 aromatic rings. The minimum absolute atomic E-state index is 0.260. The van der Waals surface area contributed by atoms with Crippen LogP contribution in [0.4, 0.5) is 5.82 Å². The third kappa shape index (κ3) is 3.03. The lowest BCUT2D eigenvalue weighted by Crippen LogP contribution is -2.32. The Balaban J connectivity index is 1.51. The van der Waals surface area contributed by atoms with Gasteiger partial charge in [-0.3, -0.25) is 4.98 Å².